The maximum absolute atomic E-state index is 2.52. The molecule has 0 heteroatoms. The zero-order chi connectivity index (χ0) is 9.80. The largest absolute Gasteiger partial charge is 0.0622 e. The van der Waals surface area contributed by atoms with E-state index in [-0.39, 0.29) is 0 Å². The number of hydrogen-bond donors (Lipinski definition) is 0. The molecular weight excluding hydrogens is 168 g/mol. The molecule has 82 valence electrons. The third kappa shape index (κ3) is 2.74. The predicted octanol–water partition coefficient (Wildman–Crippen LogP) is 4.78. The lowest BCUT2D eigenvalue weighted by atomic mass is 9.79. The molecule has 0 nitrogen and oxygen atoms in total. The Morgan fingerprint density at radius 3 is 2.07 bits per heavy atom. The van der Waals surface area contributed by atoms with Gasteiger partial charge in [-0.15, -0.1) is 0 Å². The summed E-state index contributed by atoms with van der Waals surface area (Å²) in [4.78, 5) is 0. The Kier molecular flexibility index (Phi) is 3.89. The molecule has 0 unspecified atom stereocenters. The molecule has 0 aromatic rings. The Balaban J connectivity index is 1.72. The lowest BCUT2D eigenvalue weighted by Crippen LogP contribution is -2.15. The fourth-order valence-corrected chi connectivity index (χ4v) is 3.67. The van der Waals surface area contributed by atoms with Crippen LogP contribution < -0.4 is 0 Å². The zero-order valence-corrected chi connectivity index (χ0v) is 9.80. The molecule has 0 heterocycles. The average Bonchev–Trinajstić information content (AvgIpc) is 2.72. The first-order valence-electron chi connectivity index (χ1n) is 6.86. The molecule has 2 aliphatic rings. The quantitative estimate of drug-likeness (QED) is 0.606. The highest BCUT2D eigenvalue weighted by molar-refractivity contribution is 4.76. The first kappa shape index (κ1) is 10.5. The second-order valence-corrected chi connectivity index (χ2v) is 5.76. The van der Waals surface area contributed by atoms with Crippen molar-refractivity contribution in [2.24, 2.45) is 17.8 Å². The molecule has 0 aromatic heterocycles. The minimum absolute atomic E-state index is 1.03. The van der Waals surface area contributed by atoms with Gasteiger partial charge < -0.3 is 0 Å². The normalized spacial score (nSPS) is 28.1. The van der Waals surface area contributed by atoms with E-state index < -0.39 is 0 Å². The molecule has 0 aliphatic heterocycles. The summed E-state index contributed by atoms with van der Waals surface area (Å²) < 4.78 is 0. The highest BCUT2D eigenvalue weighted by Crippen LogP contribution is 2.37. The fraction of sp³-hybridized carbons (Fsp3) is 1.00. The maximum atomic E-state index is 2.52. The van der Waals surface area contributed by atoms with Crippen molar-refractivity contribution in [3.05, 3.63) is 0 Å². The zero-order valence-electron chi connectivity index (χ0n) is 9.80. The van der Waals surface area contributed by atoms with Gasteiger partial charge in [0.25, 0.3) is 0 Å². The third-order valence-corrected chi connectivity index (χ3v) is 4.63. The lowest BCUT2D eigenvalue weighted by Gasteiger charge is -2.27. The Hall–Kier alpha value is 0. The van der Waals surface area contributed by atoms with Gasteiger partial charge in [0.05, 0.1) is 0 Å². The second kappa shape index (κ2) is 5.19. The lowest BCUT2D eigenvalue weighted by molar-refractivity contribution is 0.245. The molecule has 1 atom stereocenters. The summed E-state index contributed by atoms with van der Waals surface area (Å²) in [6, 6.07) is 0. The Morgan fingerprint density at radius 1 is 0.857 bits per heavy atom. The van der Waals surface area contributed by atoms with E-state index in [1.54, 1.807) is 6.42 Å². The van der Waals surface area contributed by atoms with Crippen molar-refractivity contribution in [2.75, 3.05) is 0 Å². The standard InChI is InChI=1S/C14H26/c1-12(14-9-5-6-10-14)11-13-7-3-2-4-8-13/h12-14H,2-11H2,1H3/t12-/m0/s1. The Labute approximate surface area is 89.5 Å². The molecule has 0 spiro atoms. The van der Waals surface area contributed by atoms with Crippen LogP contribution in [0.15, 0.2) is 0 Å². The Bertz CT molecular complexity index is 149. The summed E-state index contributed by atoms with van der Waals surface area (Å²) in [5, 5.41) is 0. The van der Waals surface area contributed by atoms with Crippen molar-refractivity contribution >= 4 is 0 Å². The second-order valence-electron chi connectivity index (χ2n) is 5.76. The van der Waals surface area contributed by atoms with Gasteiger partial charge in [0, 0.05) is 0 Å². The van der Waals surface area contributed by atoms with E-state index in [2.05, 4.69) is 6.92 Å². The van der Waals surface area contributed by atoms with Crippen molar-refractivity contribution in [1.29, 1.82) is 0 Å². The highest BCUT2D eigenvalue weighted by atomic mass is 14.3. The van der Waals surface area contributed by atoms with E-state index in [4.69, 9.17) is 0 Å². The summed E-state index contributed by atoms with van der Waals surface area (Å²) in [6.45, 7) is 2.52. The van der Waals surface area contributed by atoms with Crippen molar-refractivity contribution < 1.29 is 0 Å². The summed E-state index contributed by atoms with van der Waals surface area (Å²) in [7, 11) is 0. The van der Waals surface area contributed by atoms with Gasteiger partial charge in [0.1, 0.15) is 0 Å². The molecule has 2 fully saturated rings. The SMILES string of the molecule is C[C@@H](CC1CCCCC1)C1CCCC1. The molecule has 14 heavy (non-hydrogen) atoms. The van der Waals surface area contributed by atoms with Crippen LogP contribution in [-0.4, -0.2) is 0 Å². The van der Waals surface area contributed by atoms with Gasteiger partial charge in [0.15, 0.2) is 0 Å². The third-order valence-electron chi connectivity index (χ3n) is 4.63. The summed E-state index contributed by atoms with van der Waals surface area (Å²) in [5.74, 6) is 3.22. The van der Waals surface area contributed by atoms with Crippen LogP contribution >= 0.6 is 0 Å². The molecule has 0 N–H and O–H groups in total. The van der Waals surface area contributed by atoms with Crippen molar-refractivity contribution in [2.45, 2.75) is 71.1 Å². The number of hydrogen-bond acceptors (Lipinski definition) is 0. The van der Waals surface area contributed by atoms with Crippen molar-refractivity contribution in [3.63, 3.8) is 0 Å². The molecule has 0 amide bonds. The van der Waals surface area contributed by atoms with Gasteiger partial charge in [0.2, 0.25) is 0 Å². The van der Waals surface area contributed by atoms with Gasteiger partial charge in [-0.3, -0.25) is 0 Å². The van der Waals surface area contributed by atoms with E-state index in [9.17, 15) is 0 Å². The molecule has 0 radical (unpaired) electrons. The van der Waals surface area contributed by atoms with Gasteiger partial charge in [-0.1, -0.05) is 64.7 Å². The van der Waals surface area contributed by atoms with E-state index in [1.807, 2.05) is 0 Å². The van der Waals surface area contributed by atoms with Crippen LogP contribution in [0, 0.1) is 17.8 Å². The fourth-order valence-electron chi connectivity index (χ4n) is 3.67. The minimum Gasteiger partial charge on any atom is -0.0622 e. The van der Waals surface area contributed by atoms with Gasteiger partial charge in [-0.25, -0.2) is 0 Å². The monoisotopic (exact) mass is 194 g/mol. The molecule has 2 aliphatic carbocycles. The average molecular weight is 194 g/mol. The highest BCUT2D eigenvalue weighted by Gasteiger charge is 2.24. The van der Waals surface area contributed by atoms with Gasteiger partial charge in [-0.05, 0) is 24.2 Å². The smallest absolute Gasteiger partial charge is 0.0388 e. The molecule has 2 saturated carbocycles. The summed E-state index contributed by atoms with van der Waals surface area (Å²) in [5.41, 5.74) is 0. The predicted molar refractivity (Wildman–Crippen MR) is 62.3 cm³/mol. The van der Waals surface area contributed by atoms with Crippen LogP contribution in [0.1, 0.15) is 71.1 Å². The van der Waals surface area contributed by atoms with Crippen LogP contribution in [0.5, 0.6) is 0 Å². The Morgan fingerprint density at radius 2 is 1.43 bits per heavy atom. The topological polar surface area (TPSA) is 0 Å². The first-order valence-corrected chi connectivity index (χ1v) is 6.86. The van der Waals surface area contributed by atoms with Crippen molar-refractivity contribution in [3.8, 4) is 0 Å². The van der Waals surface area contributed by atoms with E-state index in [0.717, 1.165) is 17.8 Å². The van der Waals surface area contributed by atoms with Gasteiger partial charge in [-0.2, -0.15) is 0 Å². The maximum Gasteiger partial charge on any atom is -0.0388 e. The first-order chi connectivity index (χ1) is 6.86. The van der Waals surface area contributed by atoms with E-state index in [1.165, 1.54) is 57.8 Å². The van der Waals surface area contributed by atoms with E-state index in [0.29, 0.717) is 0 Å². The van der Waals surface area contributed by atoms with Crippen LogP contribution in [0.4, 0.5) is 0 Å². The van der Waals surface area contributed by atoms with Gasteiger partial charge >= 0.3 is 0 Å². The molecule has 0 saturated heterocycles. The van der Waals surface area contributed by atoms with Crippen LogP contribution in [0.3, 0.4) is 0 Å². The minimum atomic E-state index is 1.03. The summed E-state index contributed by atoms with van der Waals surface area (Å²) in [6.07, 6.45) is 15.3. The molecule has 0 aromatic carbocycles. The van der Waals surface area contributed by atoms with E-state index >= 15 is 0 Å². The van der Waals surface area contributed by atoms with Crippen LogP contribution in [0.25, 0.3) is 0 Å². The molecule has 0 bridgehead atoms. The van der Waals surface area contributed by atoms with Crippen molar-refractivity contribution in [1.82, 2.24) is 0 Å². The molecule has 2 rings (SSSR count). The van der Waals surface area contributed by atoms with Crippen LogP contribution in [-0.2, 0) is 0 Å². The number of rotatable bonds is 3. The molecular formula is C14H26. The van der Waals surface area contributed by atoms with Crippen LogP contribution in [0.2, 0.25) is 0 Å². The summed E-state index contributed by atoms with van der Waals surface area (Å²) >= 11 is 0.